The second-order valence-corrected chi connectivity index (χ2v) is 4.25. The van der Waals surface area contributed by atoms with Crippen LogP contribution in [0.5, 0.6) is 0 Å². The first-order valence-electron chi connectivity index (χ1n) is 5.85. The van der Waals surface area contributed by atoms with Gasteiger partial charge in [-0.15, -0.1) is 0 Å². The molecule has 1 rings (SSSR count). The van der Waals surface area contributed by atoms with Gasteiger partial charge in [0.25, 0.3) is 0 Å². The molecule has 2 atom stereocenters. The highest BCUT2D eigenvalue weighted by Crippen LogP contribution is 2.29. The van der Waals surface area contributed by atoms with Crippen LogP contribution in [-0.2, 0) is 11.0 Å². The highest BCUT2D eigenvalue weighted by atomic mass is 19.4. The van der Waals surface area contributed by atoms with Gasteiger partial charge in [0, 0.05) is 19.7 Å². The molecule has 0 aliphatic carbocycles. The minimum Gasteiger partial charge on any atom is -0.390 e. The minimum absolute atomic E-state index is 0.0590. The Bertz CT molecular complexity index is 448. The first-order valence-corrected chi connectivity index (χ1v) is 5.85. The molecule has 0 saturated carbocycles. The quantitative estimate of drug-likeness (QED) is 0.757. The molecule has 1 aromatic rings. The first kappa shape index (κ1) is 16.4. The van der Waals surface area contributed by atoms with Crippen molar-refractivity contribution >= 4 is 5.91 Å². The fraction of sp³-hybridized carbons (Fsp3) is 0.500. The van der Waals surface area contributed by atoms with Crippen molar-refractivity contribution in [2.45, 2.75) is 31.7 Å². The standard InChI is InChI=1S/C12H15F3N2O3/c1-7(18)16-5-4-10(19)11(20)9-3-2-8(6-17-9)12(13,14)15/h2-3,6,10-11,19-20H,4-5H2,1H3,(H,16,18). The molecule has 2 unspecified atom stereocenters. The molecule has 5 nitrogen and oxygen atoms in total. The maximum absolute atomic E-state index is 12.3. The molecule has 1 aromatic heterocycles. The van der Waals surface area contributed by atoms with E-state index in [0.29, 0.717) is 6.20 Å². The summed E-state index contributed by atoms with van der Waals surface area (Å²) in [6.07, 6.45) is -6.49. The van der Waals surface area contributed by atoms with E-state index in [-0.39, 0.29) is 24.6 Å². The third kappa shape index (κ3) is 4.78. The molecule has 0 bridgehead atoms. The van der Waals surface area contributed by atoms with Gasteiger partial charge >= 0.3 is 6.18 Å². The molecule has 112 valence electrons. The largest absolute Gasteiger partial charge is 0.417 e. The molecule has 0 aliphatic heterocycles. The summed E-state index contributed by atoms with van der Waals surface area (Å²) in [7, 11) is 0. The molecule has 0 saturated heterocycles. The molecule has 0 radical (unpaired) electrons. The van der Waals surface area contributed by atoms with Crippen LogP contribution in [0.25, 0.3) is 0 Å². The van der Waals surface area contributed by atoms with E-state index < -0.39 is 23.9 Å². The van der Waals surface area contributed by atoms with Crippen molar-refractivity contribution < 1.29 is 28.2 Å². The zero-order chi connectivity index (χ0) is 15.3. The molecule has 8 heteroatoms. The van der Waals surface area contributed by atoms with Crippen LogP contribution in [-0.4, -0.2) is 33.8 Å². The molecule has 1 heterocycles. The predicted molar refractivity (Wildman–Crippen MR) is 63.5 cm³/mol. The van der Waals surface area contributed by atoms with Gasteiger partial charge in [-0.3, -0.25) is 9.78 Å². The molecular weight excluding hydrogens is 277 g/mol. The average Bonchev–Trinajstić information content (AvgIpc) is 2.36. The second kappa shape index (κ2) is 6.67. The van der Waals surface area contributed by atoms with E-state index in [1.165, 1.54) is 6.92 Å². The summed E-state index contributed by atoms with van der Waals surface area (Å²) < 4.78 is 37.0. The molecule has 20 heavy (non-hydrogen) atoms. The second-order valence-electron chi connectivity index (χ2n) is 4.25. The van der Waals surface area contributed by atoms with Gasteiger partial charge in [-0.1, -0.05) is 0 Å². The summed E-state index contributed by atoms with van der Waals surface area (Å²) in [5.41, 5.74) is -0.991. The molecular formula is C12H15F3N2O3. The fourth-order valence-electron chi connectivity index (χ4n) is 1.50. The van der Waals surface area contributed by atoms with Crippen LogP contribution in [0.2, 0.25) is 0 Å². The van der Waals surface area contributed by atoms with E-state index in [0.717, 1.165) is 12.1 Å². The number of alkyl halides is 3. The van der Waals surface area contributed by atoms with E-state index in [1.807, 2.05) is 0 Å². The van der Waals surface area contributed by atoms with Gasteiger partial charge in [0.05, 0.1) is 17.4 Å². The zero-order valence-corrected chi connectivity index (χ0v) is 10.7. The normalized spacial score (nSPS) is 14.7. The van der Waals surface area contributed by atoms with Crippen LogP contribution < -0.4 is 5.32 Å². The summed E-state index contributed by atoms with van der Waals surface area (Å²) in [4.78, 5) is 14.1. The van der Waals surface area contributed by atoms with Gasteiger partial charge in [-0.05, 0) is 18.6 Å². The van der Waals surface area contributed by atoms with Gasteiger partial charge in [0.1, 0.15) is 6.10 Å². The van der Waals surface area contributed by atoms with Crippen molar-refractivity contribution in [3.05, 3.63) is 29.6 Å². The Morgan fingerprint density at radius 2 is 2.05 bits per heavy atom. The molecule has 0 aliphatic rings. The van der Waals surface area contributed by atoms with E-state index >= 15 is 0 Å². The van der Waals surface area contributed by atoms with Crippen molar-refractivity contribution in [3.63, 3.8) is 0 Å². The van der Waals surface area contributed by atoms with E-state index in [2.05, 4.69) is 10.3 Å². The van der Waals surface area contributed by atoms with E-state index in [1.54, 1.807) is 0 Å². The zero-order valence-electron chi connectivity index (χ0n) is 10.7. The van der Waals surface area contributed by atoms with Gasteiger partial charge in [-0.25, -0.2) is 0 Å². The Balaban J connectivity index is 2.62. The lowest BCUT2D eigenvalue weighted by Crippen LogP contribution is -2.28. The summed E-state index contributed by atoms with van der Waals surface area (Å²) >= 11 is 0. The number of carbonyl (C=O) groups is 1. The van der Waals surface area contributed by atoms with Crippen molar-refractivity contribution in [3.8, 4) is 0 Å². The minimum atomic E-state index is -4.50. The Morgan fingerprint density at radius 1 is 1.40 bits per heavy atom. The predicted octanol–water partition coefficient (Wildman–Crippen LogP) is 1.02. The van der Waals surface area contributed by atoms with Crippen LogP contribution in [0, 0.1) is 0 Å². The van der Waals surface area contributed by atoms with Crippen molar-refractivity contribution in [1.82, 2.24) is 10.3 Å². The van der Waals surface area contributed by atoms with Gasteiger partial charge in [0.15, 0.2) is 0 Å². The SMILES string of the molecule is CC(=O)NCCC(O)C(O)c1ccc(C(F)(F)F)cn1. The maximum atomic E-state index is 12.3. The molecule has 0 fully saturated rings. The fourth-order valence-corrected chi connectivity index (χ4v) is 1.50. The van der Waals surface area contributed by atoms with Crippen LogP contribution in [0.1, 0.15) is 30.7 Å². The van der Waals surface area contributed by atoms with Gasteiger partial charge in [-0.2, -0.15) is 13.2 Å². The Hall–Kier alpha value is -1.67. The number of amides is 1. The number of pyridine rings is 1. The number of aliphatic hydroxyl groups excluding tert-OH is 2. The van der Waals surface area contributed by atoms with E-state index in [4.69, 9.17) is 0 Å². The summed E-state index contributed by atoms with van der Waals surface area (Å²) in [5, 5.41) is 21.8. The van der Waals surface area contributed by atoms with Crippen LogP contribution in [0.15, 0.2) is 18.3 Å². The van der Waals surface area contributed by atoms with Gasteiger partial charge < -0.3 is 15.5 Å². The summed E-state index contributed by atoms with van der Waals surface area (Å²) in [6, 6.07) is 1.79. The number of hydrogen-bond acceptors (Lipinski definition) is 4. The summed E-state index contributed by atoms with van der Waals surface area (Å²) in [5.74, 6) is -0.278. The number of nitrogens with zero attached hydrogens (tertiary/aromatic N) is 1. The molecule has 0 spiro atoms. The third-order valence-corrected chi connectivity index (χ3v) is 2.60. The van der Waals surface area contributed by atoms with Gasteiger partial charge in [0.2, 0.25) is 5.91 Å². The molecule has 0 aromatic carbocycles. The average molecular weight is 292 g/mol. The van der Waals surface area contributed by atoms with Crippen LogP contribution in [0.3, 0.4) is 0 Å². The lowest BCUT2D eigenvalue weighted by atomic mass is 10.1. The van der Waals surface area contributed by atoms with Crippen LogP contribution in [0.4, 0.5) is 13.2 Å². The lowest BCUT2D eigenvalue weighted by Gasteiger charge is -2.17. The third-order valence-electron chi connectivity index (χ3n) is 2.60. The van der Waals surface area contributed by atoms with Crippen molar-refractivity contribution in [1.29, 1.82) is 0 Å². The topological polar surface area (TPSA) is 82.5 Å². The first-order chi connectivity index (χ1) is 9.21. The Kier molecular flexibility index (Phi) is 5.46. The number of hydrogen-bond donors (Lipinski definition) is 3. The summed E-state index contributed by atoms with van der Waals surface area (Å²) in [6.45, 7) is 1.45. The number of carbonyl (C=O) groups excluding carboxylic acids is 1. The van der Waals surface area contributed by atoms with E-state index in [9.17, 15) is 28.2 Å². The molecule has 1 amide bonds. The van der Waals surface area contributed by atoms with Crippen molar-refractivity contribution in [2.75, 3.05) is 6.54 Å². The highest BCUT2D eigenvalue weighted by Gasteiger charge is 2.31. The number of rotatable bonds is 5. The monoisotopic (exact) mass is 292 g/mol. The number of aliphatic hydroxyl groups is 2. The maximum Gasteiger partial charge on any atom is 0.417 e. The lowest BCUT2D eigenvalue weighted by molar-refractivity contribution is -0.137. The smallest absolute Gasteiger partial charge is 0.390 e. The Labute approximate surface area is 113 Å². The number of halogens is 3. The highest BCUT2D eigenvalue weighted by molar-refractivity contribution is 5.72. The number of nitrogens with one attached hydrogen (secondary N) is 1. The molecule has 3 N–H and O–H groups in total. The Morgan fingerprint density at radius 3 is 2.50 bits per heavy atom. The van der Waals surface area contributed by atoms with Crippen LogP contribution >= 0.6 is 0 Å². The number of aromatic nitrogens is 1. The van der Waals surface area contributed by atoms with Crippen molar-refractivity contribution in [2.24, 2.45) is 0 Å².